The Morgan fingerprint density at radius 2 is 1.76 bits per heavy atom. The maximum atomic E-state index is 12.2. The molecule has 5 nitrogen and oxygen atoms in total. The zero-order valence-corrected chi connectivity index (χ0v) is 14.6. The van der Waals surface area contributed by atoms with Crippen molar-refractivity contribution in [3.05, 3.63) is 71.0 Å². The van der Waals surface area contributed by atoms with Crippen LogP contribution in [0.1, 0.15) is 47.1 Å². The number of nitrogens with one attached hydrogen (secondary N) is 1. The number of hydrogen-bond donors (Lipinski definition) is 1. The third kappa shape index (κ3) is 4.12. The highest BCUT2D eigenvalue weighted by atomic mass is 16.5. The van der Waals surface area contributed by atoms with Crippen molar-refractivity contribution in [1.82, 2.24) is 15.5 Å². The van der Waals surface area contributed by atoms with E-state index in [0.29, 0.717) is 18.4 Å². The van der Waals surface area contributed by atoms with Gasteiger partial charge in [0.2, 0.25) is 0 Å². The Morgan fingerprint density at radius 1 is 1.08 bits per heavy atom. The van der Waals surface area contributed by atoms with Crippen LogP contribution in [0, 0.1) is 6.92 Å². The molecule has 128 valence electrons. The van der Waals surface area contributed by atoms with Crippen LogP contribution in [-0.4, -0.2) is 16.0 Å². The van der Waals surface area contributed by atoms with Crippen LogP contribution in [0.15, 0.2) is 53.1 Å². The summed E-state index contributed by atoms with van der Waals surface area (Å²) in [5.74, 6) is 0.513. The zero-order valence-electron chi connectivity index (χ0n) is 14.6. The average molecular weight is 335 g/mol. The number of hydrogen-bond acceptors (Lipinski definition) is 4. The van der Waals surface area contributed by atoms with E-state index >= 15 is 0 Å². The van der Waals surface area contributed by atoms with E-state index in [2.05, 4.69) is 41.4 Å². The van der Waals surface area contributed by atoms with Crippen LogP contribution in [0.4, 0.5) is 0 Å². The Bertz CT molecular complexity index is 849. The Kier molecular flexibility index (Phi) is 4.93. The van der Waals surface area contributed by atoms with Crippen molar-refractivity contribution in [2.75, 3.05) is 0 Å². The van der Waals surface area contributed by atoms with Gasteiger partial charge in [-0.3, -0.25) is 4.79 Å². The third-order valence-corrected chi connectivity index (χ3v) is 4.03. The number of carbonyl (C=O) groups is 1. The van der Waals surface area contributed by atoms with Gasteiger partial charge in [-0.25, -0.2) is 0 Å². The van der Waals surface area contributed by atoms with Crippen molar-refractivity contribution in [2.45, 2.75) is 33.2 Å². The molecule has 1 N–H and O–H groups in total. The van der Waals surface area contributed by atoms with Gasteiger partial charge in [-0.15, -0.1) is 0 Å². The maximum Gasteiger partial charge on any atom is 0.292 e. The van der Waals surface area contributed by atoms with Crippen LogP contribution >= 0.6 is 0 Å². The number of benzene rings is 2. The zero-order chi connectivity index (χ0) is 17.8. The van der Waals surface area contributed by atoms with E-state index in [1.54, 1.807) is 0 Å². The summed E-state index contributed by atoms with van der Waals surface area (Å²) in [5.41, 5.74) is 4.24. The minimum absolute atomic E-state index is 0.0365. The molecule has 1 aromatic heterocycles. The molecule has 0 spiro atoms. The van der Waals surface area contributed by atoms with E-state index in [9.17, 15) is 4.79 Å². The minimum atomic E-state index is -0.352. The minimum Gasteiger partial charge on any atom is -0.345 e. The van der Waals surface area contributed by atoms with Crippen molar-refractivity contribution in [3.63, 3.8) is 0 Å². The molecule has 3 rings (SSSR count). The summed E-state index contributed by atoms with van der Waals surface area (Å²) in [4.78, 5) is 16.4. The fraction of sp³-hybridized carbons (Fsp3) is 0.250. The van der Waals surface area contributed by atoms with E-state index in [1.807, 2.05) is 43.3 Å². The summed E-state index contributed by atoms with van der Waals surface area (Å²) in [7, 11) is 0. The lowest BCUT2D eigenvalue weighted by Gasteiger charge is -2.07. The normalized spacial score (nSPS) is 10.9. The lowest BCUT2D eigenvalue weighted by atomic mass is 10.0. The Balaban J connectivity index is 1.63. The number of carbonyl (C=O) groups excluding carboxylic acids is 1. The highest BCUT2D eigenvalue weighted by Gasteiger charge is 2.15. The summed E-state index contributed by atoms with van der Waals surface area (Å²) in [6.45, 7) is 6.73. The first-order valence-corrected chi connectivity index (χ1v) is 8.30. The quantitative estimate of drug-likeness (QED) is 0.762. The van der Waals surface area contributed by atoms with Gasteiger partial charge in [-0.05, 0) is 36.1 Å². The van der Waals surface area contributed by atoms with E-state index in [-0.39, 0.29) is 11.7 Å². The molecule has 3 aromatic rings. The van der Waals surface area contributed by atoms with Crippen LogP contribution in [-0.2, 0) is 6.54 Å². The van der Waals surface area contributed by atoms with Crippen molar-refractivity contribution in [3.8, 4) is 11.5 Å². The highest BCUT2D eigenvalue weighted by molar-refractivity contribution is 5.90. The first-order valence-electron chi connectivity index (χ1n) is 8.30. The van der Waals surface area contributed by atoms with Gasteiger partial charge in [0.15, 0.2) is 0 Å². The Labute approximate surface area is 147 Å². The summed E-state index contributed by atoms with van der Waals surface area (Å²) < 4.78 is 5.18. The second-order valence-corrected chi connectivity index (χ2v) is 6.37. The first kappa shape index (κ1) is 16.9. The molecule has 0 bridgehead atoms. The van der Waals surface area contributed by atoms with E-state index in [0.717, 1.165) is 16.7 Å². The molecule has 1 amide bonds. The second-order valence-electron chi connectivity index (χ2n) is 6.37. The van der Waals surface area contributed by atoms with Gasteiger partial charge in [-0.1, -0.05) is 61.0 Å². The number of rotatable bonds is 5. The van der Waals surface area contributed by atoms with Crippen LogP contribution in [0.3, 0.4) is 0 Å². The molecule has 0 saturated carbocycles. The molecular formula is C20H21N3O2. The van der Waals surface area contributed by atoms with Crippen molar-refractivity contribution < 1.29 is 9.32 Å². The van der Waals surface area contributed by atoms with Crippen LogP contribution < -0.4 is 5.32 Å². The molecule has 0 aliphatic rings. The van der Waals surface area contributed by atoms with Gasteiger partial charge in [0.1, 0.15) is 0 Å². The number of aromatic nitrogens is 2. The van der Waals surface area contributed by atoms with Gasteiger partial charge < -0.3 is 9.84 Å². The standard InChI is InChI=1S/C20H21N3O2/c1-13(2)16-10-6-15(7-11-16)12-21-19(24)18-22-20(25-23-18)17-8-4-14(3)5-9-17/h4-11,13H,12H2,1-3H3,(H,21,24). The third-order valence-electron chi connectivity index (χ3n) is 4.03. The lowest BCUT2D eigenvalue weighted by molar-refractivity contribution is 0.0937. The molecule has 0 unspecified atom stereocenters. The molecule has 0 aliphatic heterocycles. The second kappa shape index (κ2) is 7.30. The molecule has 0 atom stereocenters. The number of amides is 1. The molecule has 0 fully saturated rings. The first-order chi connectivity index (χ1) is 12.0. The molecular weight excluding hydrogens is 314 g/mol. The van der Waals surface area contributed by atoms with Gasteiger partial charge in [0.25, 0.3) is 17.6 Å². The maximum absolute atomic E-state index is 12.2. The van der Waals surface area contributed by atoms with Gasteiger partial charge >= 0.3 is 0 Å². The van der Waals surface area contributed by atoms with Crippen LogP contribution in [0.2, 0.25) is 0 Å². The number of aryl methyl sites for hydroxylation is 1. The highest BCUT2D eigenvalue weighted by Crippen LogP contribution is 2.18. The topological polar surface area (TPSA) is 68.0 Å². The van der Waals surface area contributed by atoms with E-state index < -0.39 is 0 Å². The molecule has 25 heavy (non-hydrogen) atoms. The smallest absolute Gasteiger partial charge is 0.292 e. The Morgan fingerprint density at radius 3 is 2.40 bits per heavy atom. The van der Waals surface area contributed by atoms with Crippen molar-refractivity contribution in [1.29, 1.82) is 0 Å². The monoisotopic (exact) mass is 335 g/mol. The number of nitrogens with zero attached hydrogens (tertiary/aromatic N) is 2. The van der Waals surface area contributed by atoms with Gasteiger partial charge in [-0.2, -0.15) is 4.98 Å². The predicted octanol–water partition coefficient (Wildman–Crippen LogP) is 4.10. The van der Waals surface area contributed by atoms with Crippen LogP contribution in [0.25, 0.3) is 11.5 Å². The molecule has 0 radical (unpaired) electrons. The predicted molar refractivity (Wildman–Crippen MR) is 96.2 cm³/mol. The summed E-state index contributed by atoms with van der Waals surface area (Å²) >= 11 is 0. The molecule has 0 saturated heterocycles. The lowest BCUT2D eigenvalue weighted by Crippen LogP contribution is -2.23. The molecule has 0 aliphatic carbocycles. The molecule has 5 heteroatoms. The van der Waals surface area contributed by atoms with Crippen molar-refractivity contribution >= 4 is 5.91 Å². The largest absolute Gasteiger partial charge is 0.345 e. The van der Waals surface area contributed by atoms with Crippen LogP contribution in [0.5, 0.6) is 0 Å². The van der Waals surface area contributed by atoms with Crippen molar-refractivity contribution in [2.24, 2.45) is 0 Å². The van der Waals surface area contributed by atoms with Gasteiger partial charge in [0.05, 0.1) is 0 Å². The van der Waals surface area contributed by atoms with E-state index in [4.69, 9.17) is 4.52 Å². The SMILES string of the molecule is Cc1ccc(-c2nc(C(=O)NCc3ccc(C(C)C)cc3)no2)cc1. The molecule has 1 heterocycles. The van der Waals surface area contributed by atoms with E-state index in [1.165, 1.54) is 5.56 Å². The van der Waals surface area contributed by atoms with Gasteiger partial charge in [0, 0.05) is 12.1 Å². The Hall–Kier alpha value is -2.95. The average Bonchev–Trinajstić information content (AvgIpc) is 3.11. The summed E-state index contributed by atoms with van der Waals surface area (Å²) in [6, 6.07) is 15.9. The summed E-state index contributed by atoms with van der Waals surface area (Å²) in [6.07, 6.45) is 0. The molecule has 2 aromatic carbocycles. The fourth-order valence-electron chi connectivity index (χ4n) is 2.41. The summed E-state index contributed by atoms with van der Waals surface area (Å²) in [5, 5.41) is 6.58. The fourth-order valence-corrected chi connectivity index (χ4v) is 2.41.